The highest BCUT2D eigenvalue weighted by atomic mass is 16.5. The highest BCUT2D eigenvalue weighted by Gasteiger charge is 2.01. The second-order valence-electron chi connectivity index (χ2n) is 2.59. The Labute approximate surface area is 71.7 Å². The van der Waals surface area contributed by atoms with Gasteiger partial charge < -0.3 is 10.5 Å². The molecule has 1 rings (SSSR count). The van der Waals surface area contributed by atoms with E-state index in [1.54, 1.807) is 19.2 Å². The first-order valence-electron chi connectivity index (χ1n) is 3.64. The van der Waals surface area contributed by atoms with Crippen molar-refractivity contribution in [3.05, 3.63) is 29.3 Å². The van der Waals surface area contributed by atoms with Crippen molar-refractivity contribution in [1.29, 1.82) is 5.41 Å². The summed E-state index contributed by atoms with van der Waals surface area (Å²) in [5, 5.41) is 7.24. The zero-order valence-corrected chi connectivity index (χ0v) is 7.22. The van der Waals surface area contributed by atoms with Gasteiger partial charge in [0.2, 0.25) is 0 Å². The Hall–Kier alpha value is -1.51. The topological polar surface area (TPSA) is 59.1 Å². The first kappa shape index (κ1) is 8.59. The first-order chi connectivity index (χ1) is 5.65. The van der Waals surface area contributed by atoms with Gasteiger partial charge in [-0.05, 0) is 30.7 Å². The lowest BCUT2D eigenvalue weighted by Crippen LogP contribution is -2.12. The zero-order valence-electron chi connectivity index (χ0n) is 7.22. The quantitative estimate of drug-likeness (QED) is 0.511. The number of rotatable bonds is 2. The van der Waals surface area contributed by atoms with Gasteiger partial charge in [-0.3, -0.25) is 5.41 Å². The van der Waals surface area contributed by atoms with Crippen LogP contribution in [-0.2, 0) is 0 Å². The van der Waals surface area contributed by atoms with Crippen molar-refractivity contribution >= 4 is 5.84 Å². The van der Waals surface area contributed by atoms with E-state index in [2.05, 4.69) is 0 Å². The molecular weight excluding hydrogens is 152 g/mol. The summed E-state index contributed by atoms with van der Waals surface area (Å²) >= 11 is 0. The maximum atomic E-state index is 7.24. The van der Waals surface area contributed by atoms with E-state index in [9.17, 15) is 0 Å². The summed E-state index contributed by atoms with van der Waals surface area (Å²) in [6.45, 7) is 1.90. The molecule has 0 aliphatic heterocycles. The molecule has 0 aliphatic carbocycles. The van der Waals surface area contributed by atoms with Gasteiger partial charge >= 0.3 is 0 Å². The minimum atomic E-state index is 0.0927. The third kappa shape index (κ3) is 1.56. The predicted molar refractivity (Wildman–Crippen MR) is 48.7 cm³/mol. The lowest BCUT2D eigenvalue weighted by atomic mass is 10.1. The Morgan fingerprint density at radius 1 is 1.50 bits per heavy atom. The summed E-state index contributed by atoms with van der Waals surface area (Å²) in [5.41, 5.74) is 7.07. The zero-order chi connectivity index (χ0) is 9.14. The van der Waals surface area contributed by atoms with Crippen molar-refractivity contribution in [2.75, 3.05) is 7.11 Å². The maximum absolute atomic E-state index is 7.24. The van der Waals surface area contributed by atoms with E-state index in [1.807, 2.05) is 13.0 Å². The summed E-state index contributed by atoms with van der Waals surface area (Å²) in [5.74, 6) is 0.882. The third-order valence-electron chi connectivity index (χ3n) is 1.72. The Balaban J connectivity index is 3.12. The molecule has 0 heterocycles. The molecule has 0 bridgehead atoms. The SMILES string of the molecule is COc1ccc(C(=N)N)c(C)c1. The number of nitrogen functional groups attached to an aromatic ring is 1. The van der Waals surface area contributed by atoms with Gasteiger partial charge in [0.25, 0.3) is 0 Å². The number of hydrogen-bond donors (Lipinski definition) is 2. The van der Waals surface area contributed by atoms with Gasteiger partial charge in [0, 0.05) is 5.56 Å². The van der Waals surface area contributed by atoms with Crippen LogP contribution in [0.1, 0.15) is 11.1 Å². The van der Waals surface area contributed by atoms with Crippen LogP contribution < -0.4 is 10.5 Å². The lowest BCUT2D eigenvalue weighted by Gasteiger charge is -2.05. The maximum Gasteiger partial charge on any atom is 0.123 e. The Kier molecular flexibility index (Phi) is 2.33. The summed E-state index contributed by atoms with van der Waals surface area (Å²) in [4.78, 5) is 0. The van der Waals surface area contributed by atoms with E-state index in [-0.39, 0.29) is 5.84 Å². The van der Waals surface area contributed by atoms with E-state index in [0.717, 1.165) is 16.9 Å². The molecule has 0 saturated carbocycles. The fourth-order valence-corrected chi connectivity index (χ4v) is 1.07. The van der Waals surface area contributed by atoms with Crippen molar-refractivity contribution in [2.45, 2.75) is 6.92 Å². The smallest absolute Gasteiger partial charge is 0.123 e. The number of methoxy groups -OCH3 is 1. The van der Waals surface area contributed by atoms with Crippen molar-refractivity contribution < 1.29 is 4.74 Å². The van der Waals surface area contributed by atoms with Crippen LogP contribution in [0, 0.1) is 12.3 Å². The lowest BCUT2D eigenvalue weighted by molar-refractivity contribution is 0.414. The van der Waals surface area contributed by atoms with Crippen molar-refractivity contribution in [2.24, 2.45) is 5.73 Å². The molecule has 3 N–H and O–H groups in total. The molecule has 1 aromatic rings. The van der Waals surface area contributed by atoms with Gasteiger partial charge in [-0.1, -0.05) is 0 Å². The highest BCUT2D eigenvalue weighted by molar-refractivity contribution is 5.96. The van der Waals surface area contributed by atoms with Gasteiger partial charge in [-0.15, -0.1) is 0 Å². The fraction of sp³-hybridized carbons (Fsp3) is 0.222. The minimum Gasteiger partial charge on any atom is -0.497 e. The third-order valence-corrected chi connectivity index (χ3v) is 1.72. The Morgan fingerprint density at radius 3 is 2.58 bits per heavy atom. The molecule has 0 unspecified atom stereocenters. The van der Waals surface area contributed by atoms with Gasteiger partial charge in [-0.2, -0.15) is 0 Å². The molecular formula is C9H12N2O. The molecule has 3 nitrogen and oxygen atoms in total. The molecule has 0 atom stereocenters. The normalized spacial score (nSPS) is 9.50. The Bertz CT molecular complexity index is 307. The summed E-state index contributed by atoms with van der Waals surface area (Å²) in [7, 11) is 1.61. The van der Waals surface area contributed by atoms with Gasteiger partial charge in [0.05, 0.1) is 7.11 Å². The highest BCUT2D eigenvalue weighted by Crippen LogP contribution is 2.15. The van der Waals surface area contributed by atoms with Crippen LogP contribution in [-0.4, -0.2) is 12.9 Å². The minimum absolute atomic E-state index is 0.0927. The molecule has 0 saturated heterocycles. The fourth-order valence-electron chi connectivity index (χ4n) is 1.07. The number of aryl methyl sites for hydroxylation is 1. The summed E-state index contributed by atoms with van der Waals surface area (Å²) < 4.78 is 5.02. The van der Waals surface area contributed by atoms with Crippen molar-refractivity contribution in [3.63, 3.8) is 0 Å². The van der Waals surface area contributed by atoms with E-state index in [0.29, 0.717) is 0 Å². The standard InChI is InChI=1S/C9H12N2O/c1-6-5-7(12-2)3-4-8(6)9(10)11/h3-5H,1-2H3,(H3,10,11). The van der Waals surface area contributed by atoms with Crippen molar-refractivity contribution in [3.8, 4) is 5.75 Å². The van der Waals surface area contributed by atoms with Crippen LogP contribution in [0.25, 0.3) is 0 Å². The van der Waals surface area contributed by atoms with Crippen LogP contribution in [0.5, 0.6) is 5.75 Å². The monoisotopic (exact) mass is 164 g/mol. The number of ether oxygens (including phenoxy) is 1. The average Bonchev–Trinajstić information content (AvgIpc) is 2.03. The van der Waals surface area contributed by atoms with E-state index < -0.39 is 0 Å². The molecule has 0 aliphatic rings. The van der Waals surface area contributed by atoms with E-state index in [1.165, 1.54) is 0 Å². The second kappa shape index (κ2) is 3.26. The average molecular weight is 164 g/mol. The molecule has 1 aromatic carbocycles. The number of amidine groups is 1. The van der Waals surface area contributed by atoms with Gasteiger partial charge in [0.1, 0.15) is 11.6 Å². The molecule has 0 aromatic heterocycles. The molecule has 0 amide bonds. The molecule has 64 valence electrons. The number of hydrogen-bond acceptors (Lipinski definition) is 2. The number of nitrogens with one attached hydrogen (secondary N) is 1. The molecule has 12 heavy (non-hydrogen) atoms. The first-order valence-corrected chi connectivity index (χ1v) is 3.64. The van der Waals surface area contributed by atoms with E-state index >= 15 is 0 Å². The summed E-state index contributed by atoms with van der Waals surface area (Å²) in [6.07, 6.45) is 0. The van der Waals surface area contributed by atoms with Crippen LogP contribution in [0.15, 0.2) is 18.2 Å². The largest absolute Gasteiger partial charge is 0.497 e. The van der Waals surface area contributed by atoms with Crippen LogP contribution in [0.2, 0.25) is 0 Å². The number of benzene rings is 1. The van der Waals surface area contributed by atoms with Crippen molar-refractivity contribution in [1.82, 2.24) is 0 Å². The van der Waals surface area contributed by atoms with Crippen LogP contribution in [0.4, 0.5) is 0 Å². The molecule has 0 spiro atoms. The second-order valence-corrected chi connectivity index (χ2v) is 2.59. The van der Waals surface area contributed by atoms with Crippen LogP contribution in [0.3, 0.4) is 0 Å². The van der Waals surface area contributed by atoms with Gasteiger partial charge in [0.15, 0.2) is 0 Å². The van der Waals surface area contributed by atoms with Gasteiger partial charge in [-0.25, -0.2) is 0 Å². The predicted octanol–water partition coefficient (Wildman–Crippen LogP) is 1.29. The molecule has 0 fully saturated rings. The summed E-state index contributed by atoms with van der Waals surface area (Å²) in [6, 6.07) is 5.44. The Morgan fingerprint density at radius 2 is 2.17 bits per heavy atom. The van der Waals surface area contributed by atoms with E-state index in [4.69, 9.17) is 15.9 Å². The van der Waals surface area contributed by atoms with Crippen LogP contribution >= 0.6 is 0 Å². The molecule has 0 radical (unpaired) electrons. The number of nitrogens with two attached hydrogens (primary N) is 1. The molecule has 3 heteroatoms.